The second-order valence-electron chi connectivity index (χ2n) is 0.961. The van der Waals surface area contributed by atoms with E-state index in [2.05, 4.69) is 0 Å². The van der Waals surface area contributed by atoms with Crippen LogP contribution in [0.2, 0.25) is 0 Å². The quantitative estimate of drug-likeness (QED) is 0.169. The molecule has 0 unspecified atom stereocenters. The van der Waals surface area contributed by atoms with Crippen LogP contribution < -0.4 is 0 Å². The van der Waals surface area contributed by atoms with Gasteiger partial charge in [-0.3, -0.25) is 9.11 Å². The molecule has 0 radical (unpaired) electrons. The van der Waals surface area contributed by atoms with Gasteiger partial charge in [0, 0.05) is 0 Å². The molecule has 0 aromatic rings. The van der Waals surface area contributed by atoms with Crippen molar-refractivity contribution in [2.45, 2.75) is 0 Å². The SMILES string of the molecule is O.O=P(O)(O)O.O=S(=O)(O)O.[CaH2]. The molecule has 0 saturated heterocycles. The minimum absolute atomic E-state index is 0. The van der Waals surface area contributed by atoms with Gasteiger partial charge in [0.05, 0.1) is 0 Å². The minimum atomic E-state index is -4.67. The fraction of sp³-hybridized carbons (Fsp3) is 0. The Hall–Kier alpha value is 1.20. The van der Waals surface area contributed by atoms with E-state index in [0.29, 0.717) is 0 Å². The zero-order valence-corrected chi connectivity index (χ0v) is 6.53. The molecule has 0 aliphatic carbocycles. The molecule has 0 aliphatic rings. The molecule has 0 spiro atoms. The molecule has 76 valence electrons. The van der Waals surface area contributed by atoms with E-state index >= 15 is 0 Å². The van der Waals surface area contributed by atoms with Gasteiger partial charge in [0.2, 0.25) is 0 Å². The summed E-state index contributed by atoms with van der Waals surface area (Å²) in [4.78, 5) is 21.6. The normalized spacial score (nSPS) is 9.75. The molecule has 0 rings (SSSR count). The maximum absolute atomic E-state index is 8.88. The van der Waals surface area contributed by atoms with Gasteiger partial charge in [-0.25, -0.2) is 4.57 Å². The first-order valence-corrected chi connectivity index (χ1v) is 4.44. The fourth-order valence-corrected chi connectivity index (χ4v) is 0. The van der Waals surface area contributed by atoms with Crippen LogP contribution in [0.5, 0.6) is 0 Å². The molecule has 12 heavy (non-hydrogen) atoms. The van der Waals surface area contributed by atoms with Gasteiger partial charge in [-0.05, 0) is 0 Å². The molecule has 0 aliphatic heterocycles. The van der Waals surface area contributed by atoms with Gasteiger partial charge in [-0.15, -0.1) is 0 Å². The summed E-state index contributed by atoms with van der Waals surface area (Å²) in [5, 5.41) is 0. The molecular formula is H9CaO9PS. The molecule has 0 bridgehead atoms. The van der Waals surface area contributed by atoms with E-state index < -0.39 is 18.2 Å². The van der Waals surface area contributed by atoms with Crippen molar-refractivity contribution in [3.8, 4) is 0 Å². The number of phosphoric acid groups is 1. The predicted octanol–water partition coefficient (Wildman–Crippen LogP) is -3.32. The topological polar surface area (TPSA) is 184 Å². The summed E-state index contributed by atoms with van der Waals surface area (Å²) in [5.74, 6) is 0. The molecule has 12 heteroatoms. The molecule has 0 fully saturated rings. The maximum atomic E-state index is 8.88. The van der Waals surface area contributed by atoms with Gasteiger partial charge in [-0.2, -0.15) is 8.42 Å². The van der Waals surface area contributed by atoms with Crippen molar-refractivity contribution < 1.29 is 42.2 Å². The summed E-state index contributed by atoms with van der Waals surface area (Å²) in [6.45, 7) is 0. The van der Waals surface area contributed by atoms with Gasteiger partial charge >= 0.3 is 56.0 Å². The molecule has 0 aromatic carbocycles. The van der Waals surface area contributed by atoms with Crippen LogP contribution in [0.1, 0.15) is 0 Å². The van der Waals surface area contributed by atoms with E-state index in [0.717, 1.165) is 0 Å². The summed E-state index contributed by atoms with van der Waals surface area (Å²) >= 11 is 0. The molecule has 0 amide bonds. The van der Waals surface area contributed by atoms with Crippen molar-refractivity contribution in [2.75, 3.05) is 0 Å². The van der Waals surface area contributed by atoms with E-state index in [4.69, 9.17) is 36.8 Å². The third-order valence-electron chi connectivity index (χ3n) is 0. The van der Waals surface area contributed by atoms with Crippen molar-refractivity contribution in [3.05, 3.63) is 0 Å². The predicted molar refractivity (Wildman–Crippen MR) is 40.6 cm³/mol. The Morgan fingerprint density at radius 2 is 1.00 bits per heavy atom. The number of rotatable bonds is 0. The summed E-state index contributed by atoms with van der Waals surface area (Å²) in [6, 6.07) is 0. The first-order valence-electron chi connectivity index (χ1n) is 1.48. The first kappa shape index (κ1) is 23.2. The third-order valence-corrected chi connectivity index (χ3v) is 0. The molecule has 0 aromatic heterocycles. The third kappa shape index (κ3) is 809. The standard InChI is InChI=1S/Ca.H3O4P.H2O4S.H2O.2H/c;2*1-5(2,3)4;;;/h;(H3,1,2,3,4);(H2,1,2,3,4);1H2;;. The monoisotopic (exact) mass is 256 g/mol. The summed E-state index contributed by atoms with van der Waals surface area (Å²) in [6.07, 6.45) is 0. The molecule has 9 nitrogen and oxygen atoms in total. The van der Waals surface area contributed by atoms with Crippen molar-refractivity contribution in [1.82, 2.24) is 0 Å². The van der Waals surface area contributed by atoms with E-state index in [-0.39, 0.29) is 43.2 Å². The molecular weight excluding hydrogens is 247 g/mol. The summed E-state index contributed by atoms with van der Waals surface area (Å²) < 4.78 is 40.5. The zero-order valence-electron chi connectivity index (χ0n) is 4.82. The van der Waals surface area contributed by atoms with Crippen LogP contribution in [0.3, 0.4) is 0 Å². The zero-order chi connectivity index (χ0) is 9.00. The summed E-state index contributed by atoms with van der Waals surface area (Å²) in [5.41, 5.74) is 0. The second kappa shape index (κ2) is 8.78. The van der Waals surface area contributed by atoms with Crippen molar-refractivity contribution in [1.29, 1.82) is 0 Å². The van der Waals surface area contributed by atoms with Crippen LogP contribution in [0.15, 0.2) is 0 Å². The van der Waals surface area contributed by atoms with Crippen molar-refractivity contribution >= 4 is 56.0 Å². The van der Waals surface area contributed by atoms with Crippen molar-refractivity contribution in [3.63, 3.8) is 0 Å². The average molecular weight is 256 g/mol. The van der Waals surface area contributed by atoms with Crippen molar-refractivity contribution in [2.24, 2.45) is 0 Å². The Balaban J connectivity index is -0.0000000457. The first-order chi connectivity index (χ1) is 4.00. The van der Waals surface area contributed by atoms with Crippen LogP contribution >= 0.6 is 7.82 Å². The van der Waals surface area contributed by atoms with Crippen LogP contribution in [-0.4, -0.2) is 75.4 Å². The fourth-order valence-electron chi connectivity index (χ4n) is 0. The molecule has 0 heterocycles. The Labute approximate surface area is 97.5 Å². The Morgan fingerprint density at radius 3 is 1.00 bits per heavy atom. The summed E-state index contributed by atoms with van der Waals surface area (Å²) in [7, 11) is -9.31. The van der Waals surface area contributed by atoms with Gasteiger partial charge in [0.1, 0.15) is 0 Å². The Bertz CT molecular complexity index is 192. The van der Waals surface area contributed by atoms with Crippen LogP contribution in [0, 0.1) is 0 Å². The van der Waals surface area contributed by atoms with E-state index in [1.807, 2.05) is 0 Å². The number of hydrogen-bond acceptors (Lipinski definition) is 3. The van der Waals surface area contributed by atoms with E-state index in [1.165, 1.54) is 0 Å². The van der Waals surface area contributed by atoms with Crippen LogP contribution in [-0.2, 0) is 15.0 Å². The molecule has 0 atom stereocenters. The van der Waals surface area contributed by atoms with E-state index in [9.17, 15) is 0 Å². The molecule has 0 saturated carbocycles. The van der Waals surface area contributed by atoms with Gasteiger partial charge < -0.3 is 20.2 Å². The average Bonchev–Trinajstić information content (AvgIpc) is 1.12. The van der Waals surface area contributed by atoms with Gasteiger partial charge in [0.25, 0.3) is 0 Å². The van der Waals surface area contributed by atoms with E-state index in [1.54, 1.807) is 0 Å². The van der Waals surface area contributed by atoms with Gasteiger partial charge in [-0.1, -0.05) is 0 Å². The molecule has 7 N–H and O–H groups in total. The van der Waals surface area contributed by atoms with Crippen LogP contribution in [0.4, 0.5) is 0 Å². The van der Waals surface area contributed by atoms with Gasteiger partial charge in [0.15, 0.2) is 0 Å². The Kier molecular flexibility index (Phi) is 17.0. The Morgan fingerprint density at radius 1 is 1.00 bits per heavy atom. The number of hydrogen-bond donors (Lipinski definition) is 5. The van der Waals surface area contributed by atoms with Crippen LogP contribution in [0.25, 0.3) is 0 Å². The second-order valence-corrected chi connectivity index (χ2v) is 2.88.